The minimum Gasteiger partial charge on any atom is -0.352 e. The van der Waals surface area contributed by atoms with E-state index in [0.29, 0.717) is 17.8 Å². The van der Waals surface area contributed by atoms with Crippen LogP contribution in [0.2, 0.25) is 0 Å². The third-order valence-electron chi connectivity index (χ3n) is 2.94. The van der Waals surface area contributed by atoms with Gasteiger partial charge >= 0.3 is 0 Å². The lowest BCUT2D eigenvalue weighted by Crippen LogP contribution is -2.25. The minimum atomic E-state index is -0.262. The number of rotatable bonds is 6. The summed E-state index contributed by atoms with van der Waals surface area (Å²) < 4.78 is 0. The first kappa shape index (κ1) is 16.0. The van der Waals surface area contributed by atoms with Gasteiger partial charge in [-0.3, -0.25) is 9.59 Å². The lowest BCUT2D eigenvalue weighted by atomic mass is 10.1. The number of carbonyl (C=O) groups is 2. The molecule has 1 aromatic carbocycles. The first-order valence-electron chi connectivity index (χ1n) is 7.09. The van der Waals surface area contributed by atoms with E-state index in [1.807, 2.05) is 23.8 Å². The molecule has 114 valence electrons. The number of amides is 2. The standard InChI is InChI=1S/C17H18N2O2S/c1-2-10-18-17(21)14-5-3-4-6-15(14)19-16(20)8-7-13-9-11-22-12-13/h3-9,11-12H,2,10H2,1H3,(H,18,21)(H,19,20)/b8-7+. The smallest absolute Gasteiger partial charge is 0.253 e. The SMILES string of the molecule is CCCNC(=O)c1ccccc1NC(=O)/C=C/c1ccsc1. The van der Waals surface area contributed by atoms with Gasteiger partial charge in [-0.2, -0.15) is 11.3 Å². The van der Waals surface area contributed by atoms with E-state index in [-0.39, 0.29) is 11.8 Å². The Morgan fingerprint density at radius 1 is 1.23 bits per heavy atom. The Morgan fingerprint density at radius 2 is 2.05 bits per heavy atom. The summed E-state index contributed by atoms with van der Waals surface area (Å²) >= 11 is 1.57. The molecule has 0 aliphatic carbocycles. The molecule has 0 saturated carbocycles. The second kappa shape index (κ2) is 8.14. The van der Waals surface area contributed by atoms with Crippen LogP contribution in [0, 0.1) is 0 Å². The molecular formula is C17H18N2O2S. The predicted octanol–water partition coefficient (Wildman–Crippen LogP) is 3.54. The fraction of sp³-hybridized carbons (Fsp3) is 0.176. The molecule has 0 aliphatic rings. The van der Waals surface area contributed by atoms with Gasteiger partial charge in [0.2, 0.25) is 5.91 Å². The molecule has 0 bridgehead atoms. The van der Waals surface area contributed by atoms with Crippen LogP contribution in [0.3, 0.4) is 0 Å². The Hall–Kier alpha value is -2.40. The van der Waals surface area contributed by atoms with Crippen molar-refractivity contribution >= 4 is 34.9 Å². The zero-order valence-corrected chi connectivity index (χ0v) is 13.2. The van der Waals surface area contributed by atoms with Crippen molar-refractivity contribution in [3.8, 4) is 0 Å². The Bertz CT molecular complexity index is 663. The Balaban J connectivity index is 2.06. The average Bonchev–Trinajstić information content (AvgIpc) is 3.04. The molecule has 0 atom stereocenters. The summed E-state index contributed by atoms with van der Waals surface area (Å²) in [6, 6.07) is 8.91. The van der Waals surface area contributed by atoms with Crippen molar-refractivity contribution in [3.05, 3.63) is 58.3 Å². The highest BCUT2D eigenvalue weighted by Gasteiger charge is 2.11. The number of para-hydroxylation sites is 1. The maximum Gasteiger partial charge on any atom is 0.253 e. The van der Waals surface area contributed by atoms with Gasteiger partial charge in [0.15, 0.2) is 0 Å². The summed E-state index contributed by atoms with van der Waals surface area (Å²) in [5.74, 6) is -0.443. The lowest BCUT2D eigenvalue weighted by Gasteiger charge is -2.09. The first-order valence-corrected chi connectivity index (χ1v) is 8.03. The number of thiophene rings is 1. The molecule has 22 heavy (non-hydrogen) atoms. The van der Waals surface area contributed by atoms with Crippen molar-refractivity contribution in [2.24, 2.45) is 0 Å². The summed E-state index contributed by atoms with van der Waals surface area (Å²) in [4.78, 5) is 24.0. The van der Waals surface area contributed by atoms with Crippen LogP contribution in [-0.2, 0) is 4.79 Å². The maximum atomic E-state index is 12.1. The molecule has 4 nitrogen and oxygen atoms in total. The van der Waals surface area contributed by atoms with Gasteiger partial charge in [-0.1, -0.05) is 19.1 Å². The molecule has 2 rings (SSSR count). The van der Waals surface area contributed by atoms with Crippen molar-refractivity contribution in [1.29, 1.82) is 0 Å². The minimum absolute atomic E-state index is 0.181. The fourth-order valence-electron chi connectivity index (χ4n) is 1.84. The zero-order chi connectivity index (χ0) is 15.8. The van der Waals surface area contributed by atoms with Crippen molar-refractivity contribution in [2.75, 3.05) is 11.9 Å². The van der Waals surface area contributed by atoms with Crippen molar-refractivity contribution < 1.29 is 9.59 Å². The molecule has 1 aromatic heterocycles. The topological polar surface area (TPSA) is 58.2 Å². The van der Waals surface area contributed by atoms with Gasteiger partial charge in [-0.25, -0.2) is 0 Å². The second-order valence-electron chi connectivity index (χ2n) is 4.68. The molecule has 0 fully saturated rings. The highest BCUT2D eigenvalue weighted by Crippen LogP contribution is 2.15. The van der Waals surface area contributed by atoms with E-state index in [2.05, 4.69) is 10.6 Å². The highest BCUT2D eigenvalue weighted by atomic mass is 32.1. The molecule has 0 saturated heterocycles. The molecule has 5 heteroatoms. The third kappa shape index (κ3) is 4.56. The van der Waals surface area contributed by atoms with Gasteiger partial charge in [-0.15, -0.1) is 0 Å². The van der Waals surface area contributed by atoms with Crippen LogP contribution in [0.5, 0.6) is 0 Å². The fourth-order valence-corrected chi connectivity index (χ4v) is 2.47. The number of hydrogen-bond acceptors (Lipinski definition) is 3. The quantitative estimate of drug-likeness (QED) is 0.801. The summed E-state index contributed by atoms with van der Waals surface area (Å²) in [6.45, 7) is 2.60. The van der Waals surface area contributed by atoms with E-state index < -0.39 is 0 Å². The normalized spacial score (nSPS) is 10.6. The Labute approximate surface area is 133 Å². The number of hydrogen-bond donors (Lipinski definition) is 2. The molecule has 0 spiro atoms. The number of anilines is 1. The van der Waals surface area contributed by atoms with Gasteiger partial charge in [0, 0.05) is 12.6 Å². The molecular weight excluding hydrogens is 296 g/mol. The van der Waals surface area contributed by atoms with Crippen LogP contribution in [0.15, 0.2) is 47.2 Å². The van der Waals surface area contributed by atoms with Crippen molar-refractivity contribution in [3.63, 3.8) is 0 Å². The average molecular weight is 314 g/mol. The zero-order valence-electron chi connectivity index (χ0n) is 12.3. The van der Waals surface area contributed by atoms with E-state index in [1.54, 1.807) is 41.7 Å². The number of nitrogens with one attached hydrogen (secondary N) is 2. The van der Waals surface area contributed by atoms with E-state index in [4.69, 9.17) is 0 Å². The van der Waals surface area contributed by atoms with E-state index in [9.17, 15) is 9.59 Å². The summed E-state index contributed by atoms with van der Waals surface area (Å²) in [5, 5.41) is 9.46. The van der Waals surface area contributed by atoms with Crippen LogP contribution in [0.1, 0.15) is 29.3 Å². The molecule has 2 N–H and O–H groups in total. The molecule has 0 unspecified atom stereocenters. The van der Waals surface area contributed by atoms with E-state index in [0.717, 1.165) is 12.0 Å². The molecule has 2 amide bonds. The van der Waals surface area contributed by atoms with Gasteiger partial charge in [0.1, 0.15) is 0 Å². The number of carbonyl (C=O) groups excluding carboxylic acids is 2. The largest absolute Gasteiger partial charge is 0.352 e. The summed E-state index contributed by atoms with van der Waals surface area (Å²) in [7, 11) is 0. The van der Waals surface area contributed by atoms with Crippen LogP contribution in [-0.4, -0.2) is 18.4 Å². The van der Waals surface area contributed by atoms with Gasteiger partial charge < -0.3 is 10.6 Å². The monoisotopic (exact) mass is 314 g/mol. The van der Waals surface area contributed by atoms with Crippen LogP contribution < -0.4 is 10.6 Å². The van der Waals surface area contributed by atoms with Gasteiger partial charge in [-0.05, 0) is 47.0 Å². The molecule has 0 radical (unpaired) electrons. The van der Waals surface area contributed by atoms with Crippen LogP contribution >= 0.6 is 11.3 Å². The highest BCUT2D eigenvalue weighted by molar-refractivity contribution is 7.08. The Morgan fingerprint density at radius 3 is 2.77 bits per heavy atom. The van der Waals surface area contributed by atoms with Crippen molar-refractivity contribution in [1.82, 2.24) is 5.32 Å². The van der Waals surface area contributed by atoms with Gasteiger partial charge in [0.25, 0.3) is 5.91 Å². The van der Waals surface area contributed by atoms with Gasteiger partial charge in [0.05, 0.1) is 11.3 Å². The number of benzene rings is 1. The first-order chi connectivity index (χ1) is 10.7. The summed E-state index contributed by atoms with van der Waals surface area (Å²) in [6.07, 6.45) is 4.07. The second-order valence-corrected chi connectivity index (χ2v) is 5.46. The summed E-state index contributed by atoms with van der Waals surface area (Å²) in [5.41, 5.74) is 1.96. The van der Waals surface area contributed by atoms with E-state index >= 15 is 0 Å². The van der Waals surface area contributed by atoms with Crippen molar-refractivity contribution in [2.45, 2.75) is 13.3 Å². The molecule has 1 heterocycles. The van der Waals surface area contributed by atoms with E-state index in [1.165, 1.54) is 6.08 Å². The lowest BCUT2D eigenvalue weighted by molar-refractivity contribution is -0.111. The molecule has 2 aromatic rings. The maximum absolute atomic E-state index is 12.1. The molecule has 0 aliphatic heterocycles. The Kier molecular flexibility index (Phi) is 5.91. The van der Waals surface area contributed by atoms with Crippen LogP contribution in [0.25, 0.3) is 6.08 Å². The van der Waals surface area contributed by atoms with Crippen LogP contribution in [0.4, 0.5) is 5.69 Å². The third-order valence-corrected chi connectivity index (χ3v) is 3.64. The predicted molar refractivity (Wildman–Crippen MR) is 91.0 cm³/mol.